The molecule has 1 unspecified atom stereocenters. The Morgan fingerprint density at radius 2 is 1.91 bits per heavy atom. The van der Waals surface area contributed by atoms with Gasteiger partial charge < -0.3 is 16.0 Å². The van der Waals surface area contributed by atoms with E-state index in [-0.39, 0.29) is 11.3 Å². The van der Waals surface area contributed by atoms with E-state index in [1.165, 1.54) is 5.56 Å². The van der Waals surface area contributed by atoms with Crippen molar-refractivity contribution in [3.05, 3.63) is 71.7 Å². The molecule has 8 nitrogen and oxygen atoms in total. The summed E-state index contributed by atoms with van der Waals surface area (Å²) in [5.41, 5.74) is 5.42. The molecule has 1 amide bonds. The van der Waals surface area contributed by atoms with Crippen molar-refractivity contribution in [3.63, 3.8) is 0 Å². The van der Waals surface area contributed by atoms with Gasteiger partial charge in [0.25, 0.3) is 5.91 Å². The minimum Gasteiger partial charge on any atom is -0.364 e. The second-order valence-electron chi connectivity index (χ2n) is 10.0. The SMILES string of the molecule is CC(C)(C)c1ccc(C(=O)NCc2ccc(-c3ccnc4[nH]nc(NC5CCNC5)c34)cn2)cc1. The molecule has 180 valence electrons. The molecule has 1 aliphatic rings. The lowest BCUT2D eigenvalue weighted by atomic mass is 9.87. The number of pyridine rings is 2. The van der Waals surface area contributed by atoms with Crippen LogP contribution in [0.25, 0.3) is 22.2 Å². The van der Waals surface area contributed by atoms with Crippen molar-refractivity contribution in [3.8, 4) is 11.1 Å². The summed E-state index contributed by atoms with van der Waals surface area (Å²) in [6.07, 6.45) is 4.67. The number of fused-ring (bicyclic) bond motifs is 1. The fourth-order valence-electron chi connectivity index (χ4n) is 4.35. The van der Waals surface area contributed by atoms with Crippen LogP contribution in [0.1, 0.15) is 48.8 Å². The topological polar surface area (TPSA) is 108 Å². The molecule has 8 heteroatoms. The number of H-pyrrole nitrogens is 1. The Hall–Kier alpha value is -3.78. The number of hydrogen-bond donors (Lipinski definition) is 4. The number of carbonyl (C=O) groups excluding carboxylic acids is 1. The highest BCUT2D eigenvalue weighted by molar-refractivity contribution is 6.00. The molecule has 0 radical (unpaired) electrons. The van der Waals surface area contributed by atoms with E-state index in [0.717, 1.165) is 53.2 Å². The van der Waals surface area contributed by atoms with Crippen LogP contribution >= 0.6 is 0 Å². The van der Waals surface area contributed by atoms with E-state index in [0.29, 0.717) is 18.2 Å². The van der Waals surface area contributed by atoms with E-state index < -0.39 is 0 Å². The van der Waals surface area contributed by atoms with Gasteiger partial charge >= 0.3 is 0 Å². The molecule has 0 saturated carbocycles. The fourth-order valence-corrected chi connectivity index (χ4v) is 4.35. The van der Waals surface area contributed by atoms with Crippen LogP contribution in [-0.4, -0.2) is 45.2 Å². The first-order valence-electron chi connectivity index (χ1n) is 12.0. The van der Waals surface area contributed by atoms with Gasteiger partial charge in [-0.3, -0.25) is 14.9 Å². The van der Waals surface area contributed by atoms with Crippen LogP contribution in [0.2, 0.25) is 0 Å². The zero-order valence-corrected chi connectivity index (χ0v) is 20.4. The maximum absolute atomic E-state index is 12.6. The van der Waals surface area contributed by atoms with Gasteiger partial charge in [0.1, 0.15) is 0 Å². The van der Waals surface area contributed by atoms with Crippen molar-refractivity contribution >= 4 is 22.8 Å². The highest BCUT2D eigenvalue weighted by Crippen LogP contribution is 2.31. The molecular formula is C27H31N7O. The Labute approximate surface area is 205 Å². The molecule has 0 bridgehead atoms. The van der Waals surface area contributed by atoms with E-state index in [9.17, 15) is 4.79 Å². The predicted octanol–water partition coefficient (Wildman–Crippen LogP) is 4.02. The van der Waals surface area contributed by atoms with Crippen LogP contribution in [0, 0.1) is 0 Å². The van der Waals surface area contributed by atoms with Crippen molar-refractivity contribution in [2.24, 2.45) is 0 Å². The first kappa shape index (κ1) is 23.0. The Balaban J connectivity index is 1.28. The van der Waals surface area contributed by atoms with Crippen LogP contribution in [0.4, 0.5) is 5.82 Å². The Morgan fingerprint density at radius 1 is 1.09 bits per heavy atom. The molecule has 3 aromatic heterocycles. The summed E-state index contributed by atoms with van der Waals surface area (Å²) in [6.45, 7) is 8.77. The first-order valence-corrected chi connectivity index (χ1v) is 12.0. The highest BCUT2D eigenvalue weighted by Gasteiger charge is 2.19. The third kappa shape index (κ3) is 5.02. The predicted molar refractivity (Wildman–Crippen MR) is 138 cm³/mol. The number of aromatic nitrogens is 4. The van der Waals surface area contributed by atoms with Gasteiger partial charge in [0, 0.05) is 36.1 Å². The summed E-state index contributed by atoms with van der Waals surface area (Å²) in [7, 11) is 0. The van der Waals surface area contributed by atoms with Crippen molar-refractivity contribution in [2.45, 2.75) is 45.2 Å². The maximum Gasteiger partial charge on any atom is 0.251 e. The molecule has 35 heavy (non-hydrogen) atoms. The van der Waals surface area contributed by atoms with Crippen LogP contribution < -0.4 is 16.0 Å². The van der Waals surface area contributed by atoms with Gasteiger partial charge in [-0.05, 0) is 53.8 Å². The largest absolute Gasteiger partial charge is 0.364 e. The number of benzene rings is 1. The molecule has 1 atom stereocenters. The van der Waals surface area contributed by atoms with Gasteiger partial charge in [-0.25, -0.2) is 4.98 Å². The summed E-state index contributed by atoms with van der Waals surface area (Å²) in [5.74, 6) is 0.702. The van der Waals surface area contributed by atoms with Crippen LogP contribution in [-0.2, 0) is 12.0 Å². The second kappa shape index (κ2) is 9.46. The van der Waals surface area contributed by atoms with Gasteiger partial charge in [-0.1, -0.05) is 39.0 Å². The molecule has 1 fully saturated rings. The van der Waals surface area contributed by atoms with E-state index in [2.05, 4.69) is 56.9 Å². The molecule has 0 aliphatic carbocycles. The maximum atomic E-state index is 12.6. The average Bonchev–Trinajstić information content (AvgIpc) is 3.53. The summed E-state index contributed by atoms with van der Waals surface area (Å²) < 4.78 is 0. The van der Waals surface area contributed by atoms with Gasteiger partial charge in [0.2, 0.25) is 0 Å². The van der Waals surface area contributed by atoms with E-state index in [1.807, 2.05) is 48.7 Å². The highest BCUT2D eigenvalue weighted by atomic mass is 16.1. The summed E-state index contributed by atoms with van der Waals surface area (Å²) >= 11 is 0. The number of rotatable bonds is 6. The van der Waals surface area contributed by atoms with Crippen molar-refractivity contribution in [1.29, 1.82) is 0 Å². The van der Waals surface area contributed by atoms with Crippen molar-refractivity contribution in [2.75, 3.05) is 18.4 Å². The minimum absolute atomic E-state index is 0.0576. The van der Waals surface area contributed by atoms with Crippen LogP contribution in [0.3, 0.4) is 0 Å². The molecule has 4 heterocycles. The molecule has 5 rings (SSSR count). The number of carbonyl (C=O) groups is 1. The monoisotopic (exact) mass is 469 g/mol. The van der Waals surface area contributed by atoms with Crippen molar-refractivity contribution in [1.82, 2.24) is 30.8 Å². The normalized spacial score (nSPS) is 15.9. The number of hydrogen-bond acceptors (Lipinski definition) is 6. The quantitative estimate of drug-likeness (QED) is 0.340. The van der Waals surface area contributed by atoms with Gasteiger partial charge in [-0.15, -0.1) is 0 Å². The number of nitrogens with zero attached hydrogens (tertiary/aromatic N) is 3. The number of nitrogens with one attached hydrogen (secondary N) is 4. The van der Waals surface area contributed by atoms with Gasteiger partial charge in [0.15, 0.2) is 11.5 Å². The third-order valence-corrected chi connectivity index (χ3v) is 6.44. The average molecular weight is 470 g/mol. The summed E-state index contributed by atoms with van der Waals surface area (Å²) in [5, 5.41) is 18.3. The van der Waals surface area contributed by atoms with Crippen molar-refractivity contribution < 1.29 is 4.79 Å². The van der Waals surface area contributed by atoms with Gasteiger partial charge in [0.05, 0.1) is 17.6 Å². The minimum atomic E-state index is -0.109. The van der Waals surface area contributed by atoms with Crippen LogP contribution in [0.15, 0.2) is 54.9 Å². The zero-order chi connectivity index (χ0) is 24.4. The molecule has 1 aliphatic heterocycles. The lowest BCUT2D eigenvalue weighted by Gasteiger charge is -2.19. The third-order valence-electron chi connectivity index (χ3n) is 6.44. The van der Waals surface area contributed by atoms with E-state index >= 15 is 0 Å². The van der Waals surface area contributed by atoms with Crippen LogP contribution in [0.5, 0.6) is 0 Å². The smallest absolute Gasteiger partial charge is 0.251 e. The molecular weight excluding hydrogens is 438 g/mol. The van der Waals surface area contributed by atoms with E-state index in [4.69, 9.17) is 0 Å². The summed E-state index contributed by atoms with van der Waals surface area (Å²) in [6, 6.07) is 14.1. The standard InChI is InChI=1S/C27H31N7O/c1-27(2,3)19-7-4-17(5-8-19)26(35)31-16-20-9-6-18(14-30-20)22-11-13-29-24-23(22)25(34-33-24)32-21-10-12-28-15-21/h4-9,11,13-14,21,28H,10,12,15-16H2,1-3H3,(H,31,35)(H2,29,32,33,34). The number of anilines is 1. The molecule has 1 saturated heterocycles. The molecule has 1 aromatic carbocycles. The lowest BCUT2D eigenvalue weighted by molar-refractivity contribution is 0.0950. The zero-order valence-electron chi connectivity index (χ0n) is 20.4. The second-order valence-corrected chi connectivity index (χ2v) is 10.0. The summed E-state index contributed by atoms with van der Waals surface area (Å²) in [4.78, 5) is 21.6. The van der Waals surface area contributed by atoms with E-state index in [1.54, 1.807) is 6.20 Å². The number of amides is 1. The molecule has 0 spiro atoms. The Kier molecular flexibility index (Phi) is 6.21. The first-order chi connectivity index (χ1) is 16.9. The number of aromatic amines is 1. The lowest BCUT2D eigenvalue weighted by Crippen LogP contribution is -2.23. The molecule has 4 N–H and O–H groups in total. The van der Waals surface area contributed by atoms with Gasteiger partial charge in [-0.2, -0.15) is 5.10 Å². The Bertz CT molecular complexity index is 1310. The Morgan fingerprint density at radius 3 is 2.60 bits per heavy atom. The molecule has 4 aromatic rings. The fraction of sp³-hybridized carbons (Fsp3) is 0.333.